The summed E-state index contributed by atoms with van der Waals surface area (Å²) in [6.07, 6.45) is 5.95. The molecule has 0 aromatic carbocycles. The molecule has 1 aromatic heterocycles. The van der Waals surface area contributed by atoms with Gasteiger partial charge in [0.2, 0.25) is 0 Å². The van der Waals surface area contributed by atoms with Gasteiger partial charge in [-0.1, -0.05) is 22.5 Å². The van der Waals surface area contributed by atoms with E-state index >= 15 is 0 Å². The summed E-state index contributed by atoms with van der Waals surface area (Å²) in [6.45, 7) is 4.26. The Bertz CT molecular complexity index is 387. The zero-order valence-electron chi connectivity index (χ0n) is 7.24. The topological polar surface area (TPSA) is 26.9 Å². The van der Waals surface area contributed by atoms with Crippen LogP contribution in [0.15, 0.2) is 28.2 Å². The standard InChI is InChI=1S/C9H11BrN2O/c1-7(10)6-11-4-5-12(9(11)13)8-2-3-8/h4-5,8H,1-3,6H2. The monoisotopic (exact) mass is 242 g/mol. The van der Waals surface area contributed by atoms with Gasteiger partial charge in [-0.2, -0.15) is 0 Å². The summed E-state index contributed by atoms with van der Waals surface area (Å²) in [5.41, 5.74) is 0.0723. The van der Waals surface area contributed by atoms with Crippen molar-refractivity contribution in [3.63, 3.8) is 0 Å². The molecule has 0 radical (unpaired) electrons. The Morgan fingerprint density at radius 3 is 2.85 bits per heavy atom. The normalized spacial score (nSPS) is 16.1. The Morgan fingerprint density at radius 2 is 2.31 bits per heavy atom. The van der Waals surface area contributed by atoms with E-state index < -0.39 is 0 Å². The molecule has 13 heavy (non-hydrogen) atoms. The summed E-state index contributed by atoms with van der Waals surface area (Å²) in [5.74, 6) is 0. The minimum atomic E-state index is 0.0723. The first kappa shape index (κ1) is 8.81. The summed E-state index contributed by atoms with van der Waals surface area (Å²) in [5, 5.41) is 0. The van der Waals surface area contributed by atoms with Gasteiger partial charge in [0.25, 0.3) is 0 Å². The number of halogens is 1. The fourth-order valence-corrected chi connectivity index (χ4v) is 1.63. The second kappa shape index (κ2) is 3.18. The Kier molecular flexibility index (Phi) is 2.15. The highest BCUT2D eigenvalue weighted by molar-refractivity contribution is 9.11. The quantitative estimate of drug-likeness (QED) is 0.796. The number of rotatable bonds is 3. The van der Waals surface area contributed by atoms with Gasteiger partial charge in [-0.15, -0.1) is 0 Å². The molecule has 0 bridgehead atoms. The molecule has 3 nitrogen and oxygen atoms in total. The lowest BCUT2D eigenvalue weighted by atomic mass is 10.6. The van der Waals surface area contributed by atoms with Gasteiger partial charge in [0, 0.05) is 22.9 Å². The van der Waals surface area contributed by atoms with Crippen LogP contribution < -0.4 is 5.69 Å². The average Bonchev–Trinajstić information content (AvgIpc) is 2.81. The first-order valence-electron chi connectivity index (χ1n) is 4.29. The molecule has 70 valence electrons. The van der Waals surface area contributed by atoms with Crippen LogP contribution in [-0.2, 0) is 6.54 Å². The van der Waals surface area contributed by atoms with E-state index in [1.54, 1.807) is 9.13 Å². The summed E-state index contributed by atoms with van der Waals surface area (Å²) in [7, 11) is 0. The van der Waals surface area contributed by atoms with E-state index in [0.717, 1.165) is 17.3 Å². The number of hydrogen-bond donors (Lipinski definition) is 0. The highest BCUT2D eigenvalue weighted by Crippen LogP contribution is 2.33. The summed E-state index contributed by atoms with van der Waals surface area (Å²) in [4.78, 5) is 11.6. The summed E-state index contributed by atoms with van der Waals surface area (Å²) < 4.78 is 4.29. The van der Waals surface area contributed by atoms with Crippen LogP contribution in [0.5, 0.6) is 0 Å². The van der Waals surface area contributed by atoms with Gasteiger partial charge in [-0.25, -0.2) is 4.79 Å². The third-order valence-corrected chi connectivity index (χ3v) is 2.41. The molecule has 1 heterocycles. The van der Waals surface area contributed by atoms with Crippen LogP contribution in [-0.4, -0.2) is 9.13 Å². The molecule has 1 saturated carbocycles. The number of aromatic nitrogens is 2. The molecule has 2 rings (SSSR count). The van der Waals surface area contributed by atoms with E-state index in [1.165, 1.54) is 0 Å². The van der Waals surface area contributed by atoms with E-state index in [0.29, 0.717) is 12.6 Å². The Labute approximate surface area is 84.8 Å². The molecule has 0 amide bonds. The van der Waals surface area contributed by atoms with Gasteiger partial charge in [0.1, 0.15) is 0 Å². The first-order valence-corrected chi connectivity index (χ1v) is 5.08. The van der Waals surface area contributed by atoms with Crippen molar-refractivity contribution in [1.29, 1.82) is 0 Å². The van der Waals surface area contributed by atoms with Gasteiger partial charge in [0.15, 0.2) is 0 Å². The van der Waals surface area contributed by atoms with Crippen LogP contribution in [0, 0.1) is 0 Å². The Morgan fingerprint density at radius 1 is 1.62 bits per heavy atom. The smallest absolute Gasteiger partial charge is 0.296 e. The number of imidazole rings is 1. The van der Waals surface area contributed by atoms with Gasteiger partial charge in [-0.05, 0) is 12.8 Å². The molecular formula is C9H11BrN2O. The molecule has 0 N–H and O–H groups in total. The van der Waals surface area contributed by atoms with E-state index in [4.69, 9.17) is 0 Å². The lowest BCUT2D eigenvalue weighted by Gasteiger charge is -1.98. The second-order valence-electron chi connectivity index (χ2n) is 3.36. The molecule has 0 saturated heterocycles. The van der Waals surface area contributed by atoms with E-state index in [9.17, 15) is 4.79 Å². The molecule has 0 aliphatic heterocycles. The minimum Gasteiger partial charge on any atom is -0.296 e. The van der Waals surface area contributed by atoms with Crippen LogP contribution >= 0.6 is 15.9 Å². The third kappa shape index (κ3) is 1.77. The van der Waals surface area contributed by atoms with Crippen molar-refractivity contribution in [1.82, 2.24) is 9.13 Å². The molecule has 0 spiro atoms. The predicted molar refractivity (Wildman–Crippen MR) is 55.0 cm³/mol. The Balaban J connectivity index is 2.27. The van der Waals surface area contributed by atoms with Crippen LogP contribution in [0.4, 0.5) is 0 Å². The van der Waals surface area contributed by atoms with E-state index in [2.05, 4.69) is 22.5 Å². The number of nitrogens with zero attached hydrogens (tertiary/aromatic N) is 2. The lowest BCUT2D eigenvalue weighted by molar-refractivity contribution is 0.660. The van der Waals surface area contributed by atoms with Crippen molar-refractivity contribution in [3.05, 3.63) is 33.9 Å². The van der Waals surface area contributed by atoms with Crippen molar-refractivity contribution in [2.75, 3.05) is 0 Å². The fourth-order valence-electron chi connectivity index (χ4n) is 1.36. The van der Waals surface area contributed by atoms with Crippen LogP contribution in [0.3, 0.4) is 0 Å². The molecule has 1 aliphatic rings. The molecule has 1 aliphatic carbocycles. The van der Waals surface area contributed by atoms with Gasteiger partial charge < -0.3 is 0 Å². The maximum atomic E-state index is 11.6. The minimum absolute atomic E-state index is 0.0723. The molecular weight excluding hydrogens is 232 g/mol. The average molecular weight is 243 g/mol. The highest BCUT2D eigenvalue weighted by Gasteiger charge is 2.25. The van der Waals surface area contributed by atoms with Gasteiger partial charge in [0.05, 0.1) is 6.54 Å². The second-order valence-corrected chi connectivity index (χ2v) is 4.49. The number of allylic oxidation sites excluding steroid dienone is 1. The maximum Gasteiger partial charge on any atom is 0.328 e. The van der Waals surface area contributed by atoms with Crippen molar-refractivity contribution in [3.8, 4) is 0 Å². The fraction of sp³-hybridized carbons (Fsp3) is 0.444. The zero-order valence-corrected chi connectivity index (χ0v) is 8.83. The molecule has 1 fully saturated rings. The van der Waals surface area contributed by atoms with Gasteiger partial charge in [-0.3, -0.25) is 9.13 Å². The van der Waals surface area contributed by atoms with Crippen molar-refractivity contribution < 1.29 is 0 Å². The lowest BCUT2D eigenvalue weighted by Crippen LogP contribution is -2.23. The first-order chi connectivity index (χ1) is 6.18. The zero-order chi connectivity index (χ0) is 9.42. The van der Waals surface area contributed by atoms with Crippen LogP contribution in [0.1, 0.15) is 18.9 Å². The largest absolute Gasteiger partial charge is 0.328 e. The van der Waals surface area contributed by atoms with Crippen molar-refractivity contribution in [2.45, 2.75) is 25.4 Å². The van der Waals surface area contributed by atoms with Crippen molar-refractivity contribution in [2.24, 2.45) is 0 Å². The Hall–Kier alpha value is -0.770. The van der Waals surface area contributed by atoms with Crippen LogP contribution in [0.25, 0.3) is 0 Å². The van der Waals surface area contributed by atoms with Crippen molar-refractivity contribution >= 4 is 15.9 Å². The van der Waals surface area contributed by atoms with E-state index in [-0.39, 0.29) is 5.69 Å². The van der Waals surface area contributed by atoms with Gasteiger partial charge >= 0.3 is 5.69 Å². The van der Waals surface area contributed by atoms with E-state index in [1.807, 2.05) is 12.4 Å². The SMILES string of the molecule is C=C(Br)Cn1ccn(C2CC2)c1=O. The summed E-state index contributed by atoms with van der Waals surface area (Å²) >= 11 is 3.24. The number of hydrogen-bond acceptors (Lipinski definition) is 1. The molecule has 1 aromatic rings. The summed E-state index contributed by atoms with van der Waals surface area (Å²) in [6, 6.07) is 0.456. The molecule has 4 heteroatoms. The van der Waals surface area contributed by atoms with Crippen LogP contribution in [0.2, 0.25) is 0 Å². The maximum absolute atomic E-state index is 11.6. The highest BCUT2D eigenvalue weighted by atomic mass is 79.9. The molecule has 0 unspecified atom stereocenters. The molecule has 0 atom stereocenters. The third-order valence-electron chi connectivity index (χ3n) is 2.16. The predicted octanol–water partition coefficient (Wildman–Crippen LogP) is 1.89.